The number of aliphatic hydroxyl groups excluding tert-OH is 2. The van der Waals surface area contributed by atoms with Crippen LogP contribution >= 0.6 is 23.7 Å². The Kier molecular flexibility index (Phi) is 7.99. The largest absolute Gasteiger partial charge is 0.390 e. The van der Waals surface area contributed by atoms with Gasteiger partial charge in [0.05, 0.1) is 12.2 Å². The van der Waals surface area contributed by atoms with E-state index in [4.69, 9.17) is 0 Å². The van der Waals surface area contributed by atoms with Crippen LogP contribution in [0.1, 0.15) is 6.92 Å². The highest BCUT2D eigenvalue weighted by Gasteiger charge is 2.15. The van der Waals surface area contributed by atoms with Gasteiger partial charge in [0.2, 0.25) is 0 Å². The van der Waals surface area contributed by atoms with Crippen molar-refractivity contribution < 1.29 is 10.2 Å². The van der Waals surface area contributed by atoms with Crippen LogP contribution in [0.2, 0.25) is 0 Å². The van der Waals surface area contributed by atoms with E-state index in [2.05, 4.69) is 4.58 Å². The number of aliphatic hydroxyl groups is 2. The Morgan fingerprint density at radius 3 is 2.42 bits per heavy atom. The molecule has 0 aliphatic heterocycles. The summed E-state index contributed by atoms with van der Waals surface area (Å²) in [6.45, 7) is 1.98. The van der Waals surface area contributed by atoms with Crippen molar-refractivity contribution in [2.24, 2.45) is 4.58 Å². The SMILES string of the molecule is CCSCC(O)C(O)CSN=O. The Bertz CT molecular complexity index is 125. The van der Waals surface area contributed by atoms with Crippen LogP contribution < -0.4 is 0 Å². The first-order valence-electron chi connectivity index (χ1n) is 3.60. The van der Waals surface area contributed by atoms with Gasteiger partial charge in [0.15, 0.2) is 0 Å². The van der Waals surface area contributed by atoms with E-state index in [0.29, 0.717) is 5.75 Å². The van der Waals surface area contributed by atoms with E-state index in [9.17, 15) is 15.1 Å². The Morgan fingerprint density at radius 2 is 1.92 bits per heavy atom. The number of rotatable bonds is 7. The number of thioether (sulfide) groups is 1. The molecular weight excluding hydrogens is 198 g/mol. The monoisotopic (exact) mass is 211 g/mol. The second kappa shape index (κ2) is 7.85. The van der Waals surface area contributed by atoms with Crippen molar-refractivity contribution in [3.05, 3.63) is 4.91 Å². The maximum atomic E-state index is 9.66. The molecule has 0 aliphatic rings. The van der Waals surface area contributed by atoms with Gasteiger partial charge < -0.3 is 10.2 Å². The van der Waals surface area contributed by atoms with Crippen molar-refractivity contribution in [1.29, 1.82) is 0 Å². The van der Waals surface area contributed by atoms with Crippen molar-refractivity contribution >= 4 is 23.7 Å². The minimum Gasteiger partial charge on any atom is -0.390 e. The molecule has 0 aromatic heterocycles. The van der Waals surface area contributed by atoms with E-state index in [1.165, 1.54) is 0 Å². The molecule has 12 heavy (non-hydrogen) atoms. The molecular formula is C6H13NO3S2. The second-order valence-corrected chi connectivity index (χ2v) is 4.22. The molecule has 72 valence electrons. The molecule has 0 amide bonds. The van der Waals surface area contributed by atoms with Gasteiger partial charge in [0.1, 0.15) is 0 Å². The fraction of sp³-hybridized carbons (Fsp3) is 1.00. The van der Waals surface area contributed by atoms with Crippen molar-refractivity contribution in [2.75, 3.05) is 17.3 Å². The Balaban J connectivity index is 3.45. The maximum Gasteiger partial charge on any atom is 0.0916 e. The zero-order valence-electron chi connectivity index (χ0n) is 6.84. The molecule has 6 heteroatoms. The van der Waals surface area contributed by atoms with Gasteiger partial charge in [0, 0.05) is 28.0 Å². The van der Waals surface area contributed by atoms with Crippen molar-refractivity contribution in [3.63, 3.8) is 0 Å². The summed E-state index contributed by atoms with van der Waals surface area (Å²) >= 11 is 2.28. The summed E-state index contributed by atoms with van der Waals surface area (Å²) < 4.78 is 2.53. The molecule has 0 aliphatic carbocycles. The predicted octanol–water partition coefficient (Wildman–Crippen LogP) is 0.876. The molecule has 2 atom stereocenters. The number of nitroso groups, excluding NO2 is 1. The first-order valence-corrected chi connectivity index (χ1v) is 5.70. The standard InChI is InChI=1S/C6H13NO3S2/c1-2-11-3-5(8)6(9)4-12-7-10/h5-6,8-9H,2-4H2,1H3. The highest BCUT2D eigenvalue weighted by Crippen LogP contribution is 2.10. The van der Waals surface area contributed by atoms with E-state index in [-0.39, 0.29) is 5.75 Å². The summed E-state index contributed by atoms with van der Waals surface area (Å²) in [5.74, 6) is 1.56. The second-order valence-electron chi connectivity index (χ2n) is 2.16. The lowest BCUT2D eigenvalue weighted by Gasteiger charge is -2.14. The van der Waals surface area contributed by atoms with Gasteiger partial charge in [-0.2, -0.15) is 11.8 Å². The summed E-state index contributed by atoms with van der Waals surface area (Å²) in [7, 11) is 0. The van der Waals surface area contributed by atoms with Crippen LogP contribution in [0.3, 0.4) is 0 Å². The van der Waals surface area contributed by atoms with Gasteiger partial charge in [-0.1, -0.05) is 6.92 Å². The lowest BCUT2D eigenvalue weighted by molar-refractivity contribution is 0.0500. The first-order chi connectivity index (χ1) is 5.72. The zero-order valence-corrected chi connectivity index (χ0v) is 8.48. The van der Waals surface area contributed by atoms with Crippen LogP contribution in [0.5, 0.6) is 0 Å². The highest BCUT2D eigenvalue weighted by molar-refractivity contribution is 7.99. The Hall–Kier alpha value is 0.220. The fourth-order valence-electron chi connectivity index (χ4n) is 0.568. The smallest absolute Gasteiger partial charge is 0.0916 e. The molecule has 0 radical (unpaired) electrons. The zero-order chi connectivity index (χ0) is 9.40. The van der Waals surface area contributed by atoms with Crippen LogP contribution in [-0.2, 0) is 0 Å². The minimum atomic E-state index is -0.855. The normalized spacial score (nSPS) is 15.6. The number of hydrogen-bond donors (Lipinski definition) is 2. The number of hydrogen-bond acceptors (Lipinski definition) is 6. The molecule has 2 N–H and O–H groups in total. The van der Waals surface area contributed by atoms with Crippen LogP contribution in [0.15, 0.2) is 4.58 Å². The van der Waals surface area contributed by atoms with Gasteiger partial charge in [-0.05, 0) is 5.75 Å². The third-order valence-electron chi connectivity index (χ3n) is 1.23. The average Bonchev–Trinajstić information content (AvgIpc) is 2.10. The van der Waals surface area contributed by atoms with Crippen molar-refractivity contribution in [1.82, 2.24) is 0 Å². The molecule has 0 spiro atoms. The van der Waals surface area contributed by atoms with E-state index in [1.54, 1.807) is 11.8 Å². The summed E-state index contributed by atoms with van der Waals surface area (Å²) in [6, 6.07) is 0. The highest BCUT2D eigenvalue weighted by atomic mass is 32.2. The van der Waals surface area contributed by atoms with Crippen LogP contribution in [0.25, 0.3) is 0 Å². The van der Waals surface area contributed by atoms with E-state index < -0.39 is 12.2 Å². The average molecular weight is 211 g/mol. The lowest BCUT2D eigenvalue weighted by Crippen LogP contribution is -2.30. The van der Waals surface area contributed by atoms with Crippen molar-refractivity contribution in [3.8, 4) is 0 Å². The predicted molar refractivity (Wildman–Crippen MR) is 53.3 cm³/mol. The van der Waals surface area contributed by atoms with E-state index in [0.717, 1.165) is 17.7 Å². The molecule has 0 aromatic rings. The van der Waals surface area contributed by atoms with E-state index >= 15 is 0 Å². The molecule has 0 bridgehead atoms. The first kappa shape index (κ1) is 12.2. The topological polar surface area (TPSA) is 69.9 Å². The molecule has 0 aromatic carbocycles. The lowest BCUT2D eigenvalue weighted by atomic mass is 10.3. The molecule has 0 saturated carbocycles. The Labute approximate surface area is 80.2 Å². The van der Waals surface area contributed by atoms with Gasteiger partial charge in [-0.15, -0.1) is 4.91 Å². The minimum absolute atomic E-state index is 0.162. The Morgan fingerprint density at radius 1 is 1.33 bits per heavy atom. The van der Waals surface area contributed by atoms with Crippen LogP contribution in [0, 0.1) is 4.91 Å². The van der Waals surface area contributed by atoms with Gasteiger partial charge in [0.25, 0.3) is 0 Å². The molecule has 4 nitrogen and oxygen atoms in total. The van der Waals surface area contributed by atoms with Gasteiger partial charge in [-0.25, -0.2) is 0 Å². The third-order valence-corrected chi connectivity index (χ3v) is 2.82. The van der Waals surface area contributed by atoms with Crippen molar-refractivity contribution in [2.45, 2.75) is 19.1 Å². The molecule has 0 rings (SSSR count). The number of nitrogens with zero attached hydrogens (tertiary/aromatic N) is 1. The molecule has 0 saturated heterocycles. The molecule has 0 fully saturated rings. The molecule has 2 unspecified atom stereocenters. The van der Waals surface area contributed by atoms with E-state index in [1.807, 2.05) is 6.92 Å². The summed E-state index contributed by atoms with van der Waals surface area (Å²) in [5, 5.41) is 18.4. The maximum absolute atomic E-state index is 9.66. The summed E-state index contributed by atoms with van der Waals surface area (Å²) in [5.41, 5.74) is 0. The van der Waals surface area contributed by atoms with Crippen LogP contribution in [0.4, 0.5) is 0 Å². The van der Waals surface area contributed by atoms with Gasteiger partial charge >= 0.3 is 0 Å². The third kappa shape index (κ3) is 5.82. The molecule has 0 heterocycles. The summed E-state index contributed by atoms with van der Waals surface area (Å²) in [4.78, 5) is 9.66. The van der Waals surface area contributed by atoms with Crippen LogP contribution in [-0.4, -0.2) is 39.7 Å². The quantitative estimate of drug-likeness (QED) is 0.483. The van der Waals surface area contributed by atoms with Gasteiger partial charge in [-0.3, -0.25) is 0 Å². The summed E-state index contributed by atoms with van der Waals surface area (Å²) in [6.07, 6.45) is -1.61. The fourth-order valence-corrected chi connectivity index (χ4v) is 1.70.